The zero-order valence-electron chi connectivity index (χ0n) is 10.8. The van der Waals surface area contributed by atoms with E-state index in [9.17, 15) is 0 Å². The van der Waals surface area contributed by atoms with Gasteiger partial charge in [0.1, 0.15) is 0 Å². The molecule has 4 heteroatoms. The Morgan fingerprint density at radius 3 is 3.06 bits per heavy atom. The zero-order chi connectivity index (χ0) is 12.3. The molecule has 3 N–H and O–H groups in total. The Morgan fingerprint density at radius 2 is 2.47 bits per heavy atom. The third-order valence-corrected chi connectivity index (χ3v) is 4.57. The van der Waals surface area contributed by atoms with Gasteiger partial charge >= 0.3 is 0 Å². The molecule has 0 bridgehead atoms. The van der Waals surface area contributed by atoms with Crippen molar-refractivity contribution in [3.05, 3.63) is 11.1 Å². The van der Waals surface area contributed by atoms with Crippen molar-refractivity contribution >= 4 is 16.5 Å². The molecule has 17 heavy (non-hydrogen) atoms. The van der Waals surface area contributed by atoms with E-state index in [0.29, 0.717) is 6.54 Å². The van der Waals surface area contributed by atoms with Crippen LogP contribution < -0.4 is 11.1 Å². The highest BCUT2D eigenvalue weighted by atomic mass is 32.1. The van der Waals surface area contributed by atoms with Gasteiger partial charge in [-0.3, -0.25) is 0 Å². The third kappa shape index (κ3) is 2.99. The number of hydrogen-bond acceptors (Lipinski definition) is 4. The lowest BCUT2D eigenvalue weighted by Crippen LogP contribution is -2.48. The van der Waals surface area contributed by atoms with Gasteiger partial charge < -0.3 is 11.1 Å². The minimum absolute atomic E-state index is 0.0839. The van der Waals surface area contributed by atoms with E-state index in [1.54, 1.807) is 11.3 Å². The van der Waals surface area contributed by atoms with Crippen LogP contribution in [0.2, 0.25) is 0 Å². The van der Waals surface area contributed by atoms with Crippen molar-refractivity contribution in [3.63, 3.8) is 0 Å². The molecule has 1 aromatic rings. The highest BCUT2D eigenvalue weighted by molar-refractivity contribution is 7.13. The van der Waals surface area contributed by atoms with Crippen molar-refractivity contribution < 1.29 is 0 Å². The van der Waals surface area contributed by atoms with E-state index in [-0.39, 0.29) is 5.54 Å². The maximum atomic E-state index is 6.00. The van der Waals surface area contributed by atoms with Crippen LogP contribution in [0.15, 0.2) is 5.38 Å². The lowest BCUT2D eigenvalue weighted by molar-refractivity contribution is 0.264. The van der Waals surface area contributed by atoms with E-state index in [0.717, 1.165) is 17.5 Å². The van der Waals surface area contributed by atoms with Crippen LogP contribution in [-0.4, -0.2) is 17.1 Å². The Kier molecular flexibility index (Phi) is 4.05. The highest BCUT2D eigenvalue weighted by Gasteiger charge is 2.34. The molecule has 0 amide bonds. The molecule has 3 nitrogen and oxygen atoms in total. The molecule has 2 rings (SSSR count). The summed E-state index contributed by atoms with van der Waals surface area (Å²) in [6.45, 7) is 5.17. The van der Waals surface area contributed by atoms with Gasteiger partial charge in [0, 0.05) is 11.9 Å². The van der Waals surface area contributed by atoms with Crippen LogP contribution in [0, 0.1) is 5.92 Å². The fraction of sp³-hybridized carbons (Fsp3) is 0.769. The lowest BCUT2D eigenvalue weighted by atomic mass is 9.76. The van der Waals surface area contributed by atoms with Gasteiger partial charge in [0.05, 0.1) is 11.2 Å². The summed E-state index contributed by atoms with van der Waals surface area (Å²) in [7, 11) is 0. The summed E-state index contributed by atoms with van der Waals surface area (Å²) >= 11 is 1.71. The molecule has 0 saturated heterocycles. The normalized spacial score (nSPS) is 29.2. The summed E-state index contributed by atoms with van der Waals surface area (Å²) in [6, 6.07) is 0. The fourth-order valence-electron chi connectivity index (χ4n) is 2.76. The molecule has 0 aliphatic heterocycles. The maximum absolute atomic E-state index is 6.00. The molecular weight excluding hydrogens is 230 g/mol. The number of anilines is 1. The molecule has 96 valence electrons. The van der Waals surface area contributed by atoms with Gasteiger partial charge in [-0.2, -0.15) is 0 Å². The second kappa shape index (κ2) is 5.36. The minimum atomic E-state index is 0.0839. The molecule has 2 atom stereocenters. The van der Waals surface area contributed by atoms with E-state index < -0.39 is 0 Å². The van der Waals surface area contributed by atoms with Gasteiger partial charge in [-0.1, -0.05) is 26.7 Å². The Morgan fingerprint density at radius 1 is 1.65 bits per heavy atom. The van der Waals surface area contributed by atoms with Crippen molar-refractivity contribution in [2.24, 2.45) is 11.7 Å². The first-order valence-electron chi connectivity index (χ1n) is 6.60. The molecule has 0 radical (unpaired) electrons. The standard InChI is InChI=1S/C13H23N3S/c1-3-11-8-17-12(15-11)16-13(9-14)6-4-5-10(2)7-13/h8,10H,3-7,9,14H2,1-2H3,(H,15,16). The minimum Gasteiger partial charge on any atom is -0.355 e. The Balaban J connectivity index is 2.07. The van der Waals surface area contributed by atoms with Crippen LogP contribution in [-0.2, 0) is 6.42 Å². The summed E-state index contributed by atoms with van der Waals surface area (Å²) < 4.78 is 0. The third-order valence-electron chi connectivity index (χ3n) is 3.77. The topological polar surface area (TPSA) is 50.9 Å². The smallest absolute Gasteiger partial charge is 0.183 e. The zero-order valence-corrected chi connectivity index (χ0v) is 11.6. The fourth-order valence-corrected chi connectivity index (χ4v) is 3.68. The number of aromatic nitrogens is 1. The molecule has 1 aliphatic carbocycles. The largest absolute Gasteiger partial charge is 0.355 e. The number of nitrogens with zero attached hydrogens (tertiary/aromatic N) is 1. The van der Waals surface area contributed by atoms with Crippen molar-refractivity contribution in [1.82, 2.24) is 4.98 Å². The van der Waals surface area contributed by atoms with Crippen LogP contribution in [0.1, 0.15) is 45.2 Å². The van der Waals surface area contributed by atoms with Gasteiger partial charge in [0.2, 0.25) is 0 Å². The first-order valence-corrected chi connectivity index (χ1v) is 7.48. The predicted molar refractivity (Wildman–Crippen MR) is 74.5 cm³/mol. The van der Waals surface area contributed by atoms with E-state index in [4.69, 9.17) is 5.73 Å². The number of rotatable bonds is 4. The molecule has 1 aliphatic rings. The number of nitrogens with one attached hydrogen (secondary N) is 1. The van der Waals surface area contributed by atoms with E-state index in [2.05, 4.69) is 29.5 Å². The summed E-state index contributed by atoms with van der Waals surface area (Å²) in [5.41, 5.74) is 7.26. The van der Waals surface area contributed by atoms with Crippen molar-refractivity contribution in [2.45, 2.75) is 51.5 Å². The molecular formula is C13H23N3S. The monoisotopic (exact) mass is 253 g/mol. The second-order valence-corrected chi connectivity index (χ2v) is 6.17. The summed E-state index contributed by atoms with van der Waals surface area (Å²) in [5, 5.41) is 6.79. The number of thiazole rings is 1. The average molecular weight is 253 g/mol. The molecule has 1 aromatic heterocycles. The van der Waals surface area contributed by atoms with Crippen LogP contribution in [0.4, 0.5) is 5.13 Å². The van der Waals surface area contributed by atoms with Gasteiger partial charge in [0.15, 0.2) is 5.13 Å². The molecule has 2 unspecified atom stereocenters. The van der Waals surface area contributed by atoms with Crippen LogP contribution >= 0.6 is 11.3 Å². The van der Waals surface area contributed by atoms with E-state index in [1.165, 1.54) is 31.4 Å². The summed E-state index contributed by atoms with van der Waals surface area (Å²) in [6.07, 6.45) is 5.96. The Hall–Kier alpha value is -0.610. The number of aryl methyl sites for hydroxylation is 1. The maximum Gasteiger partial charge on any atom is 0.183 e. The highest BCUT2D eigenvalue weighted by Crippen LogP contribution is 2.35. The number of nitrogens with two attached hydrogens (primary N) is 1. The van der Waals surface area contributed by atoms with Crippen LogP contribution in [0.25, 0.3) is 0 Å². The van der Waals surface area contributed by atoms with E-state index >= 15 is 0 Å². The second-order valence-electron chi connectivity index (χ2n) is 5.31. The van der Waals surface area contributed by atoms with Crippen molar-refractivity contribution in [2.75, 3.05) is 11.9 Å². The molecule has 0 aromatic carbocycles. The van der Waals surface area contributed by atoms with Gasteiger partial charge in [-0.05, 0) is 25.2 Å². The quantitative estimate of drug-likeness (QED) is 0.867. The Bertz CT molecular complexity index is 363. The van der Waals surface area contributed by atoms with E-state index in [1.807, 2.05) is 0 Å². The SMILES string of the molecule is CCc1csc(NC2(CN)CCCC(C)C2)n1. The first-order chi connectivity index (χ1) is 8.17. The van der Waals surface area contributed by atoms with Crippen LogP contribution in [0.3, 0.4) is 0 Å². The van der Waals surface area contributed by atoms with Gasteiger partial charge in [-0.15, -0.1) is 11.3 Å². The first kappa shape index (κ1) is 12.8. The van der Waals surface area contributed by atoms with Gasteiger partial charge in [-0.25, -0.2) is 4.98 Å². The van der Waals surface area contributed by atoms with Crippen molar-refractivity contribution in [3.8, 4) is 0 Å². The lowest BCUT2D eigenvalue weighted by Gasteiger charge is -2.39. The molecule has 0 spiro atoms. The van der Waals surface area contributed by atoms with Gasteiger partial charge in [0.25, 0.3) is 0 Å². The molecule has 1 heterocycles. The Labute approximate surface area is 108 Å². The number of hydrogen-bond donors (Lipinski definition) is 2. The predicted octanol–water partition coefficient (Wildman–Crippen LogP) is 3.03. The average Bonchev–Trinajstić information content (AvgIpc) is 2.76. The summed E-state index contributed by atoms with van der Waals surface area (Å²) in [5.74, 6) is 0.769. The molecule has 1 fully saturated rings. The molecule has 1 saturated carbocycles. The van der Waals surface area contributed by atoms with Crippen LogP contribution in [0.5, 0.6) is 0 Å². The summed E-state index contributed by atoms with van der Waals surface area (Å²) in [4.78, 5) is 4.59. The van der Waals surface area contributed by atoms with Crippen molar-refractivity contribution in [1.29, 1.82) is 0 Å².